The van der Waals surface area contributed by atoms with Gasteiger partial charge in [-0.1, -0.05) is 28.1 Å². The van der Waals surface area contributed by atoms with Crippen LogP contribution in [0.5, 0.6) is 0 Å². The van der Waals surface area contributed by atoms with Crippen LogP contribution in [0.1, 0.15) is 18.4 Å². The van der Waals surface area contributed by atoms with E-state index in [1.807, 2.05) is 0 Å². The zero-order chi connectivity index (χ0) is 12.3. The van der Waals surface area contributed by atoms with Gasteiger partial charge in [0, 0.05) is 28.7 Å². The highest BCUT2D eigenvalue weighted by molar-refractivity contribution is 9.10. The van der Waals surface area contributed by atoms with Gasteiger partial charge in [0.15, 0.2) is 0 Å². The molecule has 0 amide bonds. The summed E-state index contributed by atoms with van der Waals surface area (Å²) in [7, 11) is 0. The van der Waals surface area contributed by atoms with Gasteiger partial charge in [0.2, 0.25) is 0 Å². The Morgan fingerprint density at radius 1 is 1.41 bits per heavy atom. The van der Waals surface area contributed by atoms with Crippen LogP contribution in [0.25, 0.3) is 0 Å². The Labute approximate surface area is 108 Å². The van der Waals surface area contributed by atoms with E-state index in [0.717, 1.165) is 22.9 Å². The number of hydrogen-bond donors (Lipinski definition) is 1. The van der Waals surface area contributed by atoms with E-state index in [1.165, 1.54) is 6.07 Å². The average molecular weight is 297 g/mol. The van der Waals surface area contributed by atoms with E-state index in [4.69, 9.17) is 0 Å². The Morgan fingerprint density at radius 3 is 2.76 bits per heavy atom. The SMILES string of the molecule is O=[N+]([O-])c1ccc(Br)cc1CNC1CC=CC1. The fourth-order valence-corrected chi connectivity index (χ4v) is 2.32. The minimum atomic E-state index is -0.337. The van der Waals surface area contributed by atoms with Gasteiger partial charge in [0.05, 0.1) is 4.92 Å². The molecule has 0 heterocycles. The molecule has 0 aromatic heterocycles. The van der Waals surface area contributed by atoms with Gasteiger partial charge in [-0.05, 0) is 25.0 Å². The Morgan fingerprint density at radius 2 is 2.12 bits per heavy atom. The first kappa shape index (κ1) is 12.3. The zero-order valence-electron chi connectivity index (χ0n) is 9.23. The monoisotopic (exact) mass is 296 g/mol. The van der Waals surface area contributed by atoms with Crippen molar-refractivity contribution in [2.75, 3.05) is 0 Å². The van der Waals surface area contributed by atoms with Crippen molar-refractivity contribution in [3.8, 4) is 0 Å². The van der Waals surface area contributed by atoms with Gasteiger partial charge in [0.1, 0.15) is 0 Å². The second-order valence-corrected chi connectivity index (χ2v) is 4.97. The molecule has 90 valence electrons. The highest BCUT2D eigenvalue weighted by Crippen LogP contribution is 2.23. The third-order valence-corrected chi connectivity index (χ3v) is 3.32. The lowest BCUT2D eigenvalue weighted by molar-refractivity contribution is -0.385. The van der Waals surface area contributed by atoms with Gasteiger partial charge in [0.25, 0.3) is 5.69 Å². The lowest BCUT2D eigenvalue weighted by atomic mass is 10.1. The first-order valence-electron chi connectivity index (χ1n) is 5.48. The van der Waals surface area contributed by atoms with Crippen LogP contribution in [0.15, 0.2) is 34.8 Å². The molecule has 1 aliphatic rings. The molecule has 0 unspecified atom stereocenters. The van der Waals surface area contributed by atoms with Crippen LogP contribution in [0.3, 0.4) is 0 Å². The third-order valence-electron chi connectivity index (χ3n) is 2.83. The molecule has 0 aliphatic heterocycles. The minimum absolute atomic E-state index is 0.173. The largest absolute Gasteiger partial charge is 0.309 e. The van der Waals surface area contributed by atoms with Crippen molar-refractivity contribution in [2.45, 2.75) is 25.4 Å². The molecule has 2 rings (SSSR count). The van der Waals surface area contributed by atoms with Crippen molar-refractivity contribution >= 4 is 21.6 Å². The lowest BCUT2D eigenvalue weighted by Crippen LogP contribution is -2.26. The maximum absolute atomic E-state index is 10.9. The molecule has 0 spiro atoms. The van der Waals surface area contributed by atoms with E-state index in [2.05, 4.69) is 33.4 Å². The second-order valence-electron chi connectivity index (χ2n) is 4.05. The Kier molecular flexibility index (Phi) is 3.91. The molecule has 0 saturated carbocycles. The fourth-order valence-electron chi connectivity index (χ4n) is 1.91. The summed E-state index contributed by atoms with van der Waals surface area (Å²) in [5, 5.41) is 14.2. The number of hydrogen-bond acceptors (Lipinski definition) is 3. The summed E-state index contributed by atoms with van der Waals surface area (Å²) >= 11 is 3.34. The minimum Gasteiger partial charge on any atom is -0.309 e. The van der Waals surface area contributed by atoms with Crippen LogP contribution in [-0.2, 0) is 6.54 Å². The molecule has 1 aromatic carbocycles. The standard InChI is InChI=1S/C12H13BrN2O2/c13-10-5-6-12(15(16)17)9(7-10)8-14-11-3-1-2-4-11/h1-2,5-7,11,14H,3-4,8H2. The van der Waals surface area contributed by atoms with Crippen molar-refractivity contribution in [1.29, 1.82) is 0 Å². The lowest BCUT2D eigenvalue weighted by Gasteiger charge is -2.12. The molecule has 5 heteroatoms. The summed E-state index contributed by atoms with van der Waals surface area (Å²) in [6, 6.07) is 5.44. The Balaban J connectivity index is 2.07. The van der Waals surface area contributed by atoms with Crippen LogP contribution in [0, 0.1) is 10.1 Å². The van der Waals surface area contributed by atoms with E-state index in [-0.39, 0.29) is 10.6 Å². The predicted molar refractivity (Wildman–Crippen MR) is 69.8 cm³/mol. The number of nitro groups is 1. The summed E-state index contributed by atoms with van der Waals surface area (Å²) in [6.07, 6.45) is 6.27. The van der Waals surface area contributed by atoms with Crippen LogP contribution in [-0.4, -0.2) is 11.0 Å². The summed E-state index contributed by atoms with van der Waals surface area (Å²) < 4.78 is 0.865. The second kappa shape index (κ2) is 5.42. The molecule has 17 heavy (non-hydrogen) atoms. The molecule has 0 fully saturated rings. The number of benzene rings is 1. The van der Waals surface area contributed by atoms with Crippen molar-refractivity contribution in [3.05, 3.63) is 50.5 Å². The van der Waals surface area contributed by atoms with E-state index >= 15 is 0 Å². The number of rotatable bonds is 4. The van der Waals surface area contributed by atoms with Gasteiger partial charge in [-0.3, -0.25) is 10.1 Å². The summed E-state index contributed by atoms with van der Waals surface area (Å²) in [5.74, 6) is 0. The van der Waals surface area contributed by atoms with Crippen molar-refractivity contribution < 1.29 is 4.92 Å². The molecular formula is C12H13BrN2O2. The predicted octanol–water partition coefficient (Wildman–Crippen LogP) is 3.17. The Bertz CT molecular complexity index is 452. The molecule has 1 aliphatic carbocycles. The smallest absolute Gasteiger partial charge is 0.273 e. The molecule has 0 radical (unpaired) electrons. The van der Waals surface area contributed by atoms with Crippen LogP contribution >= 0.6 is 15.9 Å². The summed E-state index contributed by atoms with van der Waals surface area (Å²) in [6.45, 7) is 0.530. The molecule has 1 aromatic rings. The first-order valence-corrected chi connectivity index (χ1v) is 6.27. The average Bonchev–Trinajstić information content (AvgIpc) is 2.78. The third kappa shape index (κ3) is 3.14. The zero-order valence-corrected chi connectivity index (χ0v) is 10.8. The summed E-state index contributed by atoms with van der Waals surface area (Å²) in [5.41, 5.74) is 0.892. The van der Waals surface area contributed by atoms with E-state index in [0.29, 0.717) is 12.6 Å². The van der Waals surface area contributed by atoms with Gasteiger partial charge in [-0.15, -0.1) is 0 Å². The molecule has 0 atom stereocenters. The van der Waals surface area contributed by atoms with Crippen molar-refractivity contribution in [3.63, 3.8) is 0 Å². The maximum Gasteiger partial charge on any atom is 0.273 e. The molecule has 4 nitrogen and oxygen atoms in total. The normalized spacial score (nSPS) is 15.4. The number of nitrogens with zero attached hydrogens (tertiary/aromatic N) is 1. The molecular weight excluding hydrogens is 284 g/mol. The van der Waals surface area contributed by atoms with E-state index < -0.39 is 0 Å². The number of halogens is 1. The van der Waals surface area contributed by atoms with Gasteiger partial charge in [-0.25, -0.2) is 0 Å². The first-order chi connectivity index (χ1) is 8.16. The van der Waals surface area contributed by atoms with Crippen molar-refractivity contribution in [2.24, 2.45) is 0 Å². The van der Waals surface area contributed by atoms with Crippen LogP contribution in [0.2, 0.25) is 0 Å². The van der Waals surface area contributed by atoms with E-state index in [1.54, 1.807) is 12.1 Å². The highest BCUT2D eigenvalue weighted by atomic mass is 79.9. The van der Waals surface area contributed by atoms with Gasteiger partial charge >= 0.3 is 0 Å². The highest BCUT2D eigenvalue weighted by Gasteiger charge is 2.15. The van der Waals surface area contributed by atoms with Gasteiger partial charge < -0.3 is 5.32 Å². The quantitative estimate of drug-likeness (QED) is 0.527. The van der Waals surface area contributed by atoms with Gasteiger partial charge in [-0.2, -0.15) is 0 Å². The van der Waals surface area contributed by atoms with Crippen LogP contribution < -0.4 is 5.32 Å². The number of nitrogens with one attached hydrogen (secondary N) is 1. The topological polar surface area (TPSA) is 55.2 Å². The van der Waals surface area contributed by atoms with E-state index in [9.17, 15) is 10.1 Å². The molecule has 0 saturated heterocycles. The fraction of sp³-hybridized carbons (Fsp3) is 0.333. The Hall–Kier alpha value is -1.20. The summed E-state index contributed by atoms with van der Waals surface area (Å²) in [4.78, 5) is 10.5. The maximum atomic E-state index is 10.9. The number of nitro benzene ring substituents is 1. The van der Waals surface area contributed by atoms with Crippen molar-refractivity contribution in [1.82, 2.24) is 5.32 Å². The van der Waals surface area contributed by atoms with Crippen LogP contribution in [0.4, 0.5) is 5.69 Å². The molecule has 0 bridgehead atoms. The molecule has 1 N–H and O–H groups in total.